The largest absolute Gasteiger partial charge is 0.416 e. The number of alkyl halides is 3. The molecule has 0 heterocycles. The van der Waals surface area contributed by atoms with E-state index in [2.05, 4.69) is 0 Å². The van der Waals surface area contributed by atoms with E-state index >= 15 is 0 Å². The smallest absolute Gasteiger partial charge is 0.207 e. The van der Waals surface area contributed by atoms with Crippen molar-refractivity contribution < 1.29 is 21.6 Å². The Balaban J connectivity index is 3.31. The van der Waals surface area contributed by atoms with Crippen molar-refractivity contribution in [2.45, 2.75) is 24.4 Å². The number of sulfonamides is 1. The maximum Gasteiger partial charge on any atom is 0.416 e. The Morgan fingerprint density at radius 2 is 1.95 bits per heavy atom. The molecule has 0 aliphatic rings. The Labute approximate surface area is 115 Å². The van der Waals surface area contributed by atoms with Gasteiger partial charge in [0.25, 0.3) is 0 Å². The van der Waals surface area contributed by atoms with E-state index < -0.39 is 26.7 Å². The summed E-state index contributed by atoms with van der Waals surface area (Å²) in [6.07, 6.45) is -4.64. The van der Waals surface area contributed by atoms with Gasteiger partial charge in [-0.25, -0.2) is 8.42 Å². The molecule has 0 aliphatic heterocycles. The normalized spacial score (nSPS) is 12.4. The zero-order valence-electron chi connectivity index (χ0n) is 10.9. The molecule has 0 aromatic heterocycles. The van der Waals surface area contributed by atoms with E-state index in [1.54, 1.807) is 6.07 Å². The number of nitriles is 1. The van der Waals surface area contributed by atoms with Gasteiger partial charge in [-0.1, -0.05) is 6.07 Å². The molecule has 8 heteroatoms. The summed E-state index contributed by atoms with van der Waals surface area (Å²) in [6, 6.07) is 4.81. The molecule has 0 N–H and O–H groups in total. The van der Waals surface area contributed by atoms with Crippen LogP contribution in [-0.4, -0.2) is 26.3 Å². The van der Waals surface area contributed by atoms with Crippen molar-refractivity contribution in [3.05, 3.63) is 29.3 Å². The maximum atomic E-state index is 12.8. The molecule has 0 unspecified atom stereocenters. The van der Waals surface area contributed by atoms with E-state index in [1.807, 2.05) is 0 Å². The molecular weight excluding hydrogens is 293 g/mol. The maximum absolute atomic E-state index is 12.8. The number of nitrogens with zero attached hydrogens (tertiary/aromatic N) is 2. The first-order valence-electron chi connectivity index (χ1n) is 5.62. The topological polar surface area (TPSA) is 61.2 Å². The second-order valence-corrected chi connectivity index (χ2v) is 6.17. The molecule has 0 radical (unpaired) electrons. The highest BCUT2D eigenvalue weighted by Gasteiger charge is 2.35. The Morgan fingerprint density at radius 3 is 2.45 bits per heavy atom. The van der Waals surface area contributed by atoms with Gasteiger partial charge in [-0.05, 0) is 24.6 Å². The lowest BCUT2D eigenvalue weighted by Crippen LogP contribution is -2.29. The van der Waals surface area contributed by atoms with Crippen LogP contribution in [0, 0.1) is 18.3 Å². The minimum atomic E-state index is -4.61. The molecule has 0 aliphatic carbocycles. The van der Waals surface area contributed by atoms with Gasteiger partial charge < -0.3 is 0 Å². The molecule has 0 fully saturated rings. The Bertz CT molecular complexity index is 633. The number of hydrogen-bond donors (Lipinski definition) is 0. The van der Waals surface area contributed by atoms with Gasteiger partial charge in [0, 0.05) is 20.0 Å². The lowest BCUT2D eigenvalue weighted by atomic mass is 10.1. The first-order chi connectivity index (χ1) is 9.12. The van der Waals surface area contributed by atoms with Gasteiger partial charge in [-0.15, -0.1) is 0 Å². The SMILES string of the molecule is Cc1c(C(F)(F)F)cccc1S(=O)(=O)N(C)CCC#N. The van der Waals surface area contributed by atoms with Crippen molar-refractivity contribution in [1.29, 1.82) is 5.26 Å². The number of hydrogen-bond acceptors (Lipinski definition) is 3. The fraction of sp³-hybridized carbons (Fsp3) is 0.417. The van der Waals surface area contributed by atoms with Crippen molar-refractivity contribution in [1.82, 2.24) is 4.31 Å². The highest BCUT2D eigenvalue weighted by atomic mass is 32.2. The Morgan fingerprint density at radius 1 is 1.35 bits per heavy atom. The summed E-state index contributed by atoms with van der Waals surface area (Å²) in [5, 5.41) is 8.44. The summed E-state index contributed by atoms with van der Waals surface area (Å²) in [6.45, 7) is 1.04. The van der Waals surface area contributed by atoms with Crippen LogP contribution in [0.25, 0.3) is 0 Å². The summed E-state index contributed by atoms with van der Waals surface area (Å²) in [7, 11) is -2.81. The van der Waals surface area contributed by atoms with Gasteiger partial charge in [0.05, 0.1) is 16.5 Å². The van der Waals surface area contributed by atoms with Crippen molar-refractivity contribution in [3.63, 3.8) is 0 Å². The van der Waals surface area contributed by atoms with E-state index in [4.69, 9.17) is 5.26 Å². The predicted octanol–water partition coefficient (Wildman–Crippen LogP) is 2.55. The van der Waals surface area contributed by atoms with Gasteiger partial charge in [-0.3, -0.25) is 0 Å². The summed E-state index contributed by atoms with van der Waals surface area (Å²) in [4.78, 5) is -0.396. The van der Waals surface area contributed by atoms with Gasteiger partial charge >= 0.3 is 6.18 Å². The van der Waals surface area contributed by atoms with E-state index in [-0.39, 0.29) is 18.5 Å². The molecule has 0 saturated heterocycles. The third-order valence-corrected chi connectivity index (χ3v) is 4.82. The van der Waals surface area contributed by atoms with Crippen LogP contribution in [0.3, 0.4) is 0 Å². The zero-order chi connectivity index (χ0) is 15.6. The van der Waals surface area contributed by atoms with Gasteiger partial charge in [-0.2, -0.15) is 22.7 Å². The van der Waals surface area contributed by atoms with E-state index in [9.17, 15) is 21.6 Å². The molecule has 1 aromatic rings. The van der Waals surface area contributed by atoms with Crippen LogP contribution in [0.2, 0.25) is 0 Å². The van der Waals surface area contributed by atoms with Crippen molar-refractivity contribution in [2.24, 2.45) is 0 Å². The molecule has 20 heavy (non-hydrogen) atoms. The average molecular weight is 306 g/mol. The summed E-state index contributed by atoms with van der Waals surface area (Å²) < 4.78 is 63.6. The standard InChI is InChI=1S/C12H13F3N2O2S/c1-9-10(12(13,14)15)5-3-6-11(9)20(18,19)17(2)8-4-7-16/h3,5-6H,4,8H2,1-2H3. The second-order valence-electron chi connectivity index (χ2n) is 4.16. The molecule has 110 valence electrons. The van der Waals surface area contributed by atoms with Crippen molar-refractivity contribution in [2.75, 3.05) is 13.6 Å². The van der Waals surface area contributed by atoms with Gasteiger partial charge in [0.2, 0.25) is 10.0 Å². The fourth-order valence-corrected chi connectivity index (χ4v) is 3.11. The number of halogens is 3. The molecule has 1 aromatic carbocycles. The molecule has 1 rings (SSSR count). The van der Waals surface area contributed by atoms with E-state index in [0.29, 0.717) is 0 Å². The molecule has 0 saturated carbocycles. The molecular formula is C12H13F3N2O2S. The monoisotopic (exact) mass is 306 g/mol. The highest BCUT2D eigenvalue weighted by molar-refractivity contribution is 7.89. The quantitative estimate of drug-likeness (QED) is 0.859. The van der Waals surface area contributed by atoms with E-state index in [0.717, 1.165) is 29.4 Å². The average Bonchev–Trinajstić information content (AvgIpc) is 2.34. The predicted molar refractivity (Wildman–Crippen MR) is 66.2 cm³/mol. The summed E-state index contributed by atoms with van der Waals surface area (Å²) >= 11 is 0. The minimum absolute atomic E-state index is 0.0340. The Kier molecular flexibility index (Phi) is 4.78. The highest BCUT2D eigenvalue weighted by Crippen LogP contribution is 2.34. The van der Waals surface area contributed by atoms with Crippen LogP contribution in [0.4, 0.5) is 13.2 Å². The summed E-state index contributed by atoms with van der Waals surface area (Å²) in [5.74, 6) is 0. The minimum Gasteiger partial charge on any atom is -0.207 e. The lowest BCUT2D eigenvalue weighted by Gasteiger charge is -2.19. The fourth-order valence-electron chi connectivity index (χ4n) is 1.70. The Hall–Kier alpha value is -1.59. The first-order valence-corrected chi connectivity index (χ1v) is 7.06. The van der Waals surface area contributed by atoms with Crippen LogP contribution in [0.5, 0.6) is 0 Å². The van der Waals surface area contributed by atoms with Gasteiger partial charge in [0.1, 0.15) is 0 Å². The third-order valence-electron chi connectivity index (χ3n) is 2.82. The van der Waals surface area contributed by atoms with Crippen LogP contribution in [0.1, 0.15) is 17.5 Å². The third kappa shape index (κ3) is 3.29. The molecule has 0 bridgehead atoms. The lowest BCUT2D eigenvalue weighted by molar-refractivity contribution is -0.138. The van der Waals surface area contributed by atoms with Crippen LogP contribution < -0.4 is 0 Å². The van der Waals surface area contributed by atoms with Crippen LogP contribution in [0.15, 0.2) is 23.1 Å². The van der Waals surface area contributed by atoms with Crippen molar-refractivity contribution >= 4 is 10.0 Å². The zero-order valence-corrected chi connectivity index (χ0v) is 11.7. The number of benzene rings is 1. The summed E-state index contributed by atoms with van der Waals surface area (Å²) in [5.41, 5.74) is -1.32. The second kappa shape index (κ2) is 5.81. The van der Waals surface area contributed by atoms with Crippen molar-refractivity contribution in [3.8, 4) is 6.07 Å². The van der Waals surface area contributed by atoms with Gasteiger partial charge in [0.15, 0.2) is 0 Å². The first kappa shape index (κ1) is 16.5. The van der Waals surface area contributed by atoms with Crippen LogP contribution >= 0.6 is 0 Å². The van der Waals surface area contributed by atoms with E-state index in [1.165, 1.54) is 7.05 Å². The molecule has 4 nitrogen and oxygen atoms in total. The molecule has 0 amide bonds. The number of rotatable bonds is 4. The van der Waals surface area contributed by atoms with Crippen LogP contribution in [-0.2, 0) is 16.2 Å². The molecule has 0 spiro atoms. The molecule has 0 atom stereocenters.